The third-order valence-corrected chi connectivity index (χ3v) is 4.04. The first-order valence-electron chi connectivity index (χ1n) is 7.78. The van der Waals surface area contributed by atoms with Crippen molar-refractivity contribution in [3.05, 3.63) is 59.9 Å². The summed E-state index contributed by atoms with van der Waals surface area (Å²) in [6, 6.07) is 12.5. The molecule has 1 saturated heterocycles. The van der Waals surface area contributed by atoms with Crippen LogP contribution in [-0.2, 0) is 11.4 Å². The van der Waals surface area contributed by atoms with Gasteiger partial charge in [0, 0.05) is 24.8 Å². The van der Waals surface area contributed by atoms with E-state index in [-0.39, 0.29) is 37.3 Å². The van der Waals surface area contributed by atoms with Gasteiger partial charge in [-0.1, -0.05) is 6.07 Å². The molecule has 0 bridgehead atoms. The van der Waals surface area contributed by atoms with E-state index in [9.17, 15) is 9.59 Å². The first-order valence-corrected chi connectivity index (χ1v) is 7.78. The summed E-state index contributed by atoms with van der Waals surface area (Å²) >= 11 is 0. The Hall–Kier alpha value is -2.31. The summed E-state index contributed by atoms with van der Waals surface area (Å²) in [5.74, 6) is -0.796. The van der Waals surface area contributed by atoms with Crippen molar-refractivity contribution in [2.75, 3.05) is 13.1 Å². The van der Waals surface area contributed by atoms with Crippen molar-refractivity contribution in [2.24, 2.45) is 5.92 Å². The van der Waals surface area contributed by atoms with Gasteiger partial charge < -0.3 is 14.7 Å². The van der Waals surface area contributed by atoms with E-state index in [2.05, 4.69) is 4.98 Å². The molecule has 1 N–H and O–H groups in total. The number of ether oxygens (including phenoxy) is 1. The van der Waals surface area contributed by atoms with E-state index in [1.807, 2.05) is 18.2 Å². The van der Waals surface area contributed by atoms with Crippen LogP contribution in [0.1, 0.15) is 22.5 Å². The second-order valence-electron chi connectivity index (χ2n) is 5.71. The molecule has 140 valence electrons. The smallest absolute Gasteiger partial charge is 0.308 e. The van der Waals surface area contributed by atoms with Gasteiger partial charge in [-0.15, -0.1) is 24.8 Å². The Morgan fingerprint density at radius 3 is 2.46 bits per heavy atom. The van der Waals surface area contributed by atoms with Crippen LogP contribution in [0.2, 0.25) is 0 Å². The largest absolute Gasteiger partial charge is 0.487 e. The zero-order valence-corrected chi connectivity index (χ0v) is 15.5. The summed E-state index contributed by atoms with van der Waals surface area (Å²) in [4.78, 5) is 29.1. The highest BCUT2D eigenvalue weighted by atomic mass is 35.5. The highest BCUT2D eigenvalue weighted by Gasteiger charge is 2.31. The molecule has 1 aliphatic rings. The number of rotatable bonds is 5. The third-order valence-electron chi connectivity index (χ3n) is 4.04. The highest BCUT2D eigenvalue weighted by Crippen LogP contribution is 2.20. The average molecular weight is 399 g/mol. The minimum Gasteiger partial charge on any atom is -0.487 e. The number of carbonyl (C=O) groups excluding carboxylic acids is 1. The monoisotopic (exact) mass is 398 g/mol. The number of benzene rings is 1. The first kappa shape index (κ1) is 21.7. The first-order chi connectivity index (χ1) is 11.6. The fourth-order valence-electron chi connectivity index (χ4n) is 2.66. The summed E-state index contributed by atoms with van der Waals surface area (Å²) in [6.07, 6.45) is 2.22. The Balaban J connectivity index is 0.00000169. The van der Waals surface area contributed by atoms with E-state index in [1.54, 1.807) is 35.4 Å². The number of amides is 1. The molecule has 1 aliphatic heterocycles. The SMILES string of the molecule is Cl.Cl.O=C(O)C1CCN(C(=O)c2ccc(OCc3ccccn3)cc2)C1. The van der Waals surface area contributed by atoms with E-state index in [0.717, 1.165) is 5.69 Å². The fraction of sp³-hybridized carbons (Fsp3) is 0.278. The van der Waals surface area contributed by atoms with Crippen molar-refractivity contribution in [2.45, 2.75) is 13.0 Å². The van der Waals surface area contributed by atoms with Crippen LogP contribution in [0.3, 0.4) is 0 Å². The fourth-order valence-corrected chi connectivity index (χ4v) is 2.66. The van der Waals surface area contributed by atoms with Gasteiger partial charge in [-0.3, -0.25) is 14.6 Å². The van der Waals surface area contributed by atoms with Gasteiger partial charge in [-0.2, -0.15) is 0 Å². The van der Waals surface area contributed by atoms with Gasteiger partial charge >= 0.3 is 5.97 Å². The quantitative estimate of drug-likeness (QED) is 0.836. The molecule has 0 aliphatic carbocycles. The molecule has 3 rings (SSSR count). The van der Waals surface area contributed by atoms with Crippen molar-refractivity contribution in [1.82, 2.24) is 9.88 Å². The lowest BCUT2D eigenvalue weighted by Crippen LogP contribution is -2.29. The lowest BCUT2D eigenvalue weighted by Gasteiger charge is -2.16. The molecule has 26 heavy (non-hydrogen) atoms. The van der Waals surface area contributed by atoms with Gasteiger partial charge in [0.1, 0.15) is 12.4 Å². The van der Waals surface area contributed by atoms with Crippen molar-refractivity contribution < 1.29 is 19.4 Å². The maximum atomic E-state index is 12.4. The second-order valence-corrected chi connectivity index (χ2v) is 5.71. The number of carboxylic acid groups (broad SMARTS) is 1. The number of carbonyl (C=O) groups is 2. The maximum absolute atomic E-state index is 12.4. The molecule has 1 fully saturated rings. The standard InChI is InChI=1S/C18H18N2O4.2ClH/c21-17(20-10-8-14(11-20)18(22)23)13-4-6-16(7-5-13)24-12-15-3-1-2-9-19-15;;/h1-7,9,14H,8,10-12H2,(H,22,23);2*1H. The number of pyridine rings is 1. The Labute approximate surface area is 164 Å². The number of aliphatic carboxylic acids is 1. The molecule has 0 saturated carbocycles. The van der Waals surface area contributed by atoms with Crippen LogP contribution >= 0.6 is 24.8 Å². The maximum Gasteiger partial charge on any atom is 0.308 e. The number of likely N-dealkylation sites (tertiary alicyclic amines) is 1. The zero-order chi connectivity index (χ0) is 16.9. The van der Waals surface area contributed by atoms with Gasteiger partial charge in [-0.05, 0) is 42.8 Å². The number of carboxylic acids is 1. The zero-order valence-electron chi connectivity index (χ0n) is 13.9. The van der Waals surface area contributed by atoms with E-state index in [4.69, 9.17) is 9.84 Å². The van der Waals surface area contributed by atoms with Crippen molar-refractivity contribution >= 4 is 36.7 Å². The third kappa shape index (κ3) is 5.34. The van der Waals surface area contributed by atoms with Gasteiger partial charge in [0.2, 0.25) is 0 Å². The molecule has 2 aromatic rings. The average Bonchev–Trinajstić information content (AvgIpc) is 3.11. The minimum atomic E-state index is -0.844. The van der Waals surface area contributed by atoms with Crippen LogP contribution in [0.25, 0.3) is 0 Å². The van der Waals surface area contributed by atoms with Gasteiger partial charge in [0.25, 0.3) is 5.91 Å². The van der Waals surface area contributed by atoms with Crippen LogP contribution in [0, 0.1) is 5.92 Å². The molecule has 1 atom stereocenters. The van der Waals surface area contributed by atoms with E-state index < -0.39 is 11.9 Å². The Morgan fingerprint density at radius 1 is 1.15 bits per heavy atom. The predicted molar refractivity (Wildman–Crippen MR) is 101 cm³/mol. The molecule has 1 aromatic heterocycles. The van der Waals surface area contributed by atoms with Crippen molar-refractivity contribution in [3.8, 4) is 5.75 Å². The number of nitrogens with zero attached hydrogens (tertiary/aromatic N) is 2. The Kier molecular flexibility index (Phi) is 8.35. The van der Waals surface area contributed by atoms with Crippen molar-refractivity contribution in [3.63, 3.8) is 0 Å². The summed E-state index contributed by atoms with van der Waals surface area (Å²) < 4.78 is 5.64. The number of hydrogen-bond acceptors (Lipinski definition) is 4. The highest BCUT2D eigenvalue weighted by molar-refractivity contribution is 5.95. The lowest BCUT2D eigenvalue weighted by atomic mass is 10.1. The molecule has 0 spiro atoms. The topological polar surface area (TPSA) is 79.7 Å². The lowest BCUT2D eigenvalue weighted by molar-refractivity contribution is -0.141. The molecule has 0 radical (unpaired) electrons. The summed E-state index contributed by atoms with van der Waals surface area (Å²) in [5.41, 5.74) is 1.36. The summed E-state index contributed by atoms with van der Waals surface area (Å²) in [6.45, 7) is 1.11. The van der Waals surface area contributed by atoms with E-state index >= 15 is 0 Å². The van der Waals surface area contributed by atoms with Crippen LogP contribution in [0.4, 0.5) is 0 Å². The van der Waals surface area contributed by atoms with Gasteiger partial charge in [0.05, 0.1) is 11.6 Å². The van der Waals surface area contributed by atoms with Gasteiger partial charge in [0.15, 0.2) is 0 Å². The predicted octanol–water partition coefficient (Wildman–Crippen LogP) is 3.05. The van der Waals surface area contributed by atoms with Gasteiger partial charge in [-0.25, -0.2) is 0 Å². The number of aromatic nitrogens is 1. The van der Waals surface area contributed by atoms with Crippen molar-refractivity contribution in [1.29, 1.82) is 0 Å². The Morgan fingerprint density at radius 2 is 1.88 bits per heavy atom. The molecule has 1 unspecified atom stereocenters. The molecule has 1 aromatic carbocycles. The molecule has 6 nitrogen and oxygen atoms in total. The number of halogens is 2. The van der Waals surface area contributed by atoms with Crippen LogP contribution in [-0.4, -0.2) is 40.0 Å². The normalized spacial score (nSPS) is 15.5. The Bertz CT molecular complexity index is 726. The summed E-state index contributed by atoms with van der Waals surface area (Å²) in [5, 5.41) is 9.01. The molecule has 8 heteroatoms. The van der Waals surface area contributed by atoms with Crippen LogP contribution in [0.15, 0.2) is 48.7 Å². The van der Waals surface area contributed by atoms with Crippen LogP contribution < -0.4 is 4.74 Å². The molecule has 1 amide bonds. The molecule has 2 heterocycles. The number of hydrogen-bond donors (Lipinski definition) is 1. The van der Waals surface area contributed by atoms with E-state index in [1.165, 1.54) is 0 Å². The van der Waals surface area contributed by atoms with Crippen LogP contribution in [0.5, 0.6) is 5.75 Å². The minimum absolute atomic E-state index is 0. The van der Waals surface area contributed by atoms with E-state index in [0.29, 0.717) is 30.9 Å². The summed E-state index contributed by atoms with van der Waals surface area (Å²) in [7, 11) is 0. The second kappa shape index (κ2) is 9.99. The molecular weight excluding hydrogens is 379 g/mol. The molecular formula is C18H20Cl2N2O4.